The van der Waals surface area contributed by atoms with E-state index in [1.165, 1.54) is 20.1 Å². The Morgan fingerprint density at radius 3 is 2.35 bits per heavy atom. The number of morpholine rings is 1. The van der Waals surface area contributed by atoms with Crippen LogP contribution in [0.2, 0.25) is 0 Å². The number of benzene rings is 2. The molecule has 0 aliphatic carbocycles. The second-order valence-corrected chi connectivity index (χ2v) is 7.42. The van der Waals surface area contributed by atoms with Crippen LogP contribution in [0.1, 0.15) is 12.5 Å². The van der Waals surface area contributed by atoms with Crippen molar-refractivity contribution in [2.75, 3.05) is 50.2 Å². The maximum Gasteiger partial charge on any atom is 0.416 e. The van der Waals surface area contributed by atoms with Gasteiger partial charge in [-0.2, -0.15) is 13.2 Å². The zero-order valence-corrected chi connectivity index (χ0v) is 18.7. The van der Waals surface area contributed by atoms with Crippen molar-refractivity contribution in [3.8, 4) is 11.5 Å². The monoisotopic (exact) mass is 482 g/mol. The Kier molecular flexibility index (Phi) is 8.21. The van der Waals surface area contributed by atoms with Gasteiger partial charge in [-0.15, -0.1) is 0 Å². The molecule has 2 aromatic carbocycles. The molecule has 184 valence electrons. The highest BCUT2D eigenvalue weighted by Gasteiger charge is 2.32. The minimum Gasteiger partial charge on any atom is -0.497 e. The summed E-state index contributed by atoms with van der Waals surface area (Å²) in [6.07, 6.45) is -5.59. The highest BCUT2D eigenvalue weighted by atomic mass is 19.4. The van der Waals surface area contributed by atoms with Crippen LogP contribution >= 0.6 is 0 Å². The lowest BCUT2D eigenvalue weighted by molar-refractivity contribution is -0.153. The standard InChI is InChI=1S/C23H25F3N2O6/c1-15(34-18-6-4-17(31-2)5-7-18)22(30)33-14-21(29)27-19-13-16(23(24,25)26)3-8-20(19)28-9-11-32-12-10-28/h3-8,13,15H,9-12,14H2,1-2H3,(H,27,29). The molecule has 2 aromatic rings. The minimum atomic E-state index is -4.58. The van der Waals surface area contributed by atoms with Gasteiger partial charge in [0.25, 0.3) is 5.91 Å². The maximum atomic E-state index is 13.2. The van der Waals surface area contributed by atoms with Crippen LogP contribution in [0.25, 0.3) is 0 Å². The third-order valence-electron chi connectivity index (χ3n) is 5.00. The quantitative estimate of drug-likeness (QED) is 0.577. The van der Waals surface area contributed by atoms with E-state index in [2.05, 4.69) is 5.32 Å². The van der Waals surface area contributed by atoms with E-state index in [1.807, 2.05) is 4.90 Å². The van der Waals surface area contributed by atoms with Crippen LogP contribution in [0.5, 0.6) is 11.5 Å². The van der Waals surface area contributed by atoms with Crippen LogP contribution in [0.15, 0.2) is 42.5 Å². The fourth-order valence-electron chi connectivity index (χ4n) is 3.24. The molecule has 8 nitrogen and oxygen atoms in total. The van der Waals surface area contributed by atoms with E-state index in [9.17, 15) is 22.8 Å². The zero-order valence-electron chi connectivity index (χ0n) is 18.7. The van der Waals surface area contributed by atoms with Gasteiger partial charge in [-0.25, -0.2) is 4.79 Å². The number of ether oxygens (including phenoxy) is 4. The SMILES string of the molecule is COc1ccc(OC(C)C(=O)OCC(=O)Nc2cc(C(F)(F)F)ccc2N2CCOCC2)cc1. The number of halogens is 3. The fraction of sp³-hybridized carbons (Fsp3) is 0.391. The summed E-state index contributed by atoms with van der Waals surface area (Å²) in [5.74, 6) is -0.568. The summed E-state index contributed by atoms with van der Waals surface area (Å²) >= 11 is 0. The number of nitrogens with one attached hydrogen (secondary N) is 1. The summed E-state index contributed by atoms with van der Waals surface area (Å²) in [7, 11) is 1.52. The Morgan fingerprint density at radius 2 is 1.74 bits per heavy atom. The van der Waals surface area contributed by atoms with Crippen molar-refractivity contribution in [3.63, 3.8) is 0 Å². The highest BCUT2D eigenvalue weighted by Crippen LogP contribution is 2.35. The molecule has 1 unspecified atom stereocenters. The first-order valence-corrected chi connectivity index (χ1v) is 10.5. The van der Waals surface area contributed by atoms with Gasteiger partial charge >= 0.3 is 12.1 Å². The summed E-state index contributed by atoms with van der Waals surface area (Å²) < 4.78 is 60.4. The molecule has 0 spiro atoms. The van der Waals surface area contributed by atoms with Crippen molar-refractivity contribution in [1.29, 1.82) is 0 Å². The smallest absolute Gasteiger partial charge is 0.416 e. The number of amides is 1. The molecule has 1 fully saturated rings. The number of carbonyl (C=O) groups is 2. The number of nitrogens with zero attached hydrogens (tertiary/aromatic N) is 1. The second-order valence-electron chi connectivity index (χ2n) is 7.42. The molecule has 3 rings (SSSR count). The average Bonchev–Trinajstić information content (AvgIpc) is 2.83. The normalized spacial score (nSPS) is 14.8. The highest BCUT2D eigenvalue weighted by molar-refractivity contribution is 5.96. The van der Waals surface area contributed by atoms with Gasteiger partial charge in [0, 0.05) is 13.1 Å². The van der Waals surface area contributed by atoms with Crippen molar-refractivity contribution in [3.05, 3.63) is 48.0 Å². The predicted molar refractivity (Wildman–Crippen MR) is 117 cm³/mol. The minimum absolute atomic E-state index is 0.0275. The molecule has 1 N–H and O–H groups in total. The largest absolute Gasteiger partial charge is 0.497 e. The third kappa shape index (κ3) is 6.77. The number of hydrogen-bond donors (Lipinski definition) is 1. The first kappa shape index (κ1) is 25.2. The summed E-state index contributed by atoms with van der Waals surface area (Å²) in [4.78, 5) is 26.4. The number of hydrogen-bond acceptors (Lipinski definition) is 7. The lowest BCUT2D eigenvalue weighted by atomic mass is 10.1. The summed E-state index contributed by atoms with van der Waals surface area (Å²) in [5, 5.41) is 2.42. The van der Waals surface area contributed by atoms with E-state index in [1.54, 1.807) is 24.3 Å². The van der Waals surface area contributed by atoms with E-state index in [-0.39, 0.29) is 5.69 Å². The van der Waals surface area contributed by atoms with Crippen molar-refractivity contribution in [2.24, 2.45) is 0 Å². The van der Waals surface area contributed by atoms with Crippen molar-refractivity contribution in [2.45, 2.75) is 19.2 Å². The molecular formula is C23H25F3N2O6. The number of alkyl halides is 3. The molecule has 1 saturated heterocycles. The topological polar surface area (TPSA) is 86.3 Å². The van der Waals surface area contributed by atoms with Gasteiger partial charge in [0.05, 0.1) is 37.3 Å². The van der Waals surface area contributed by atoms with Gasteiger partial charge in [0.1, 0.15) is 11.5 Å². The second kappa shape index (κ2) is 11.1. The van der Waals surface area contributed by atoms with Gasteiger partial charge in [-0.05, 0) is 49.4 Å². The van der Waals surface area contributed by atoms with E-state index in [0.717, 1.165) is 12.1 Å². The molecule has 0 bridgehead atoms. The predicted octanol–water partition coefficient (Wildman–Crippen LogP) is 3.50. The zero-order chi connectivity index (χ0) is 24.7. The molecule has 0 aromatic heterocycles. The molecule has 1 amide bonds. The van der Waals surface area contributed by atoms with Gasteiger partial charge in [-0.1, -0.05) is 0 Å². The van der Waals surface area contributed by atoms with Crippen molar-refractivity contribution < 1.29 is 41.7 Å². The fourth-order valence-corrected chi connectivity index (χ4v) is 3.24. The Bertz CT molecular complexity index is 991. The Morgan fingerprint density at radius 1 is 1.09 bits per heavy atom. The molecule has 1 atom stereocenters. The van der Waals surface area contributed by atoms with Crippen LogP contribution in [0.4, 0.5) is 24.5 Å². The van der Waals surface area contributed by atoms with Gasteiger partial charge in [-0.3, -0.25) is 4.79 Å². The van der Waals surface area contributed by atoms with Crippen LogP contribution in [0.3, 0.4) is 0 Å². The maximum absolute atomic E-state index is 13.2. The molecule has 11 heteroatoms. The molecule has 0 radical (unpaired) electrons. The number of rotatable bonds is 8. The van der Waals surface area contributed by atoms with Crippen molar-refractivity contribution >= 4 is 23.3 Å². The third-order valence-corrected chi connectivity index (χ3v) is 5.00. The molecule has 0 saturated carbocycles. The summed E-state index contributed by atoms with van der Waals surface area (Å²) in [5.41, 5.74) is -0.509. The molecular weight excluding hydrogens is 457 g/mol. The number of anilines is 2. The molecule has 1 aliphatic heterocycles. The van der Waals surface area contributed by atoms with Crippen molar-refractivity contribution in [1.82, 2.24) is 0 Å². The molecule has 34 heavy (non-hydrogen) atoms. The van der Waals surface area contributed by atoms with Crippen LogP contribution in [-0.4, -0.2) is 58.0 Å². The van der Waals surface area contributed by atoms with Gasteiger partial charge < -0.3 is 29.2 Å². The van der Waals surface area contributed by atoms with Crippen LogP contribution < -0.4 is 19.7 Å². The van der Waals surface area contributed by atoms with E-state index in [0.29, 0.717) is 43.5 Å². The van der Waals surface area contributed by atoms with Gasteiger partial charge in [0.2, 0.25) is 0 Å². The number of carbonyl (C=O) groups excluding carboxylic acids is 2. The first-order valence-electron chi connectivity index (χ1n) is 10.5. The van der Waals surface area contributed by atoms with E-state index in [4.69, 9.17) is 18.9 Å². The van der Waals surface area contributed by atoms with Crippen LogP contribution in [-0.2, 0) is 25.2 Å². The van der Waals surface area contributed by atoms with E-state index < -0.39 is 36.3 Å². The van der Waals surface area contributed by atoms with E-state index >= 15 is 0 Å². The van der Waals surface area contributed by atoms with Crippen LogP contribution in [0, 0.1) is 0 Å². The summed E-state index contributed by atoms with van der Waals surface area (Å²) in [6.45, 7) is 2.52. The lowest BCUT2D eigenvalue weighted by Gasteiger charge is -2.31. The number of esters is 1. The Hall–Kier alpha value is -3.47. The lowest BCUT2D eigenvalue weighted by Crippen LogP contribution is -2.37. The Balaban J connectivity index is 1.61. The first-order chi connectivity index (χ1) is 16.2. The molecule has 1 aliphatic rings. The van der Waals surface area contributed by atoms with Gasteiger partial charge in [0.15, 0.2) is 12.7 Å². The summed E-state index contributed by atoms with van der Waals surface area (Å²) in [6, 6.07) is 9.65. The average molecular weight is 482 g/mol. The molecule has 1 heterocycles. The number of methoxy groups -OCH3 is 1. The Labute approximate surface area is 194 Å².